The highest BCUT2D eigenvalue weighted by atomic mass is 19.1. The van der Waals surface area contributed by atoms with Gasteiger partial charge in [0.15, 0.2) is 11.5 Å². The number of rotatable bonds is 6. The van der Waals surface area contributed by atoms with Crippen LogP contribution in [0.5, 0.6) is 17.2 Å². The van der Waals surface area contributed by atoms with Crippen LogP contribution in [0.4, 0.5) is 9.18 Å². The third kappa shape index (κ3) is 5.24. The van der Waals surface area contributed by atoms with Gasteiger partial charge in [0.1, 0.15) is 5.82 Å². The van der Waals surface area contributed by atoms with Gasteiger partial charge in [0.25, 0.3) is 5.91 Å². The summed E-state index contributed by atoms with van der Waals surface area (Å²) in [6.07, 6.45) is 0. The first-order valence-electron chi connectivity index (χ1n) is 7.87. The lowest BCUT2D eigenvalue weighted by Gasteiger charge is -2.14. The van der Waals surface area contributed by atoms with Crippen molar-refractivity contribution in [2.45, 2.75) is 6.54 Å². The number of halogens is 1. The molecule has 0 aliphatic carbocycles. The fraction of sp³-hybridized carbons (Fsp3) is 0.222. The lowest BCUT2D eigenvalue weighted by molar-refractivity contribution is 0.0936. The summed E-state index contributed by atoms with van der Waals surface area (Å²) in [5.74, 6) is 0.331. The molecule has 9 heteroatoms. The van der Waals surface area contributed by atoms with E-state index in [0.29, 0.717) is 22.8 Å². The maximum absolute atomic E-state index is 12.8. The fourth-order valence-corrected chi connectivity index (χ4v) is 2.25. The minimum absolute atomic E-state index is 0.148. The number of carbonyl (C=O) groups excluding carboxylic acids is 2. The number of hydrogen-bond acceptors (Lipinski definition) is 5. The topological polar surface area (TPSA) is 97.9 Å². The second-order valence-corrected chi connectivity index (χ2v) is 5.30. The van der Waals surface area contributed by atoms with Crippen LogP contribution in [0, 0.1) is 5.82 Å². The SMILES string of the molecule is COc1cc(CNC(=O)NNC(=O)c2ccc(F)cc2)cc(OC)c1OC. The average molecular weight is 377 g/mol. The summed E-state index contributed by atoms with van der Waals surface area (Å²) in [5, 5.41) is 2.58. The Bertz CT molecular complexity index is 786. The van der Waals surface area contributed by atoms with E-state index in [1.54, 1.807) is 12.1 Å². The summed E-state index contributed by atoms with van der Waals surface area (Å²) >= 11 is 0. The number of carbonyl (C=O) groups is 2. The number of benzene rings is 2. The molecule has 2 aromatic carbocycles. The molecule has 0 unspecified atom stereocenters. The Morgan fingerprint density at radius 1 is 0.926 bits per heavy atom. The van der Waals surface area contributed by atoms with E-state index in [4.69, 9.17) is 14.2 Å². The van der Waals surface area contributed by atoms with E-state index in [-0.39, 0.29) is 12.1 Å². The lowest BCUT2D eigenvalue weighted by Crippen LogP contribution is -2.46. The Morgan fingerprint density at radius 2 is 1.52 bits per heavy atom. The van der Waals surface area contributed by atoms with Crippen molar-refractivity contribution in [2.24, 2.45) is 0 Å². The molecule has 0 spiro atoms. The highest BCUT2D eigenvalue weighted by Crippen LogP contribution is 2.38. The van der Waals surface area contributed by atoms with Gasteiger partial charge in [-0.2, -0.15) is 0 Å². The standard InChI is InChI=1S/C18H20FN3O5/c1-25-14-8-11(9-15(26-2)16(14)27-3)10-20-18(24)22-21-17(23)12-4-6-13(19)7-5-12/h4-9H,10H2,1-3H3,(H,21,23)(H2,20,22,24). The van der Waals surface area contributed by atoms with Crippen molar-refractivity contribution in [2.75, 3.05) is 21.3 Å². The lowest BCUT2D eigenvalue weighted by atomic mass is 10.2. The first-order chi connectivity index (χ1) is 13.0. The quantitative estimate of drug-likeness (QED) is 0.669. The average Bonchev–Trinajstić information content (AvgIpc) is 2.69. The van der Waals surface area contributed by atoms with E-state index in [2.05, 4.69) is 16.2 Å². The zero-order chi connectivity index (χ0) is 19.8. The molecule has 0 bridgehead atoms. The van der Waals surface area contributed by atoms with Crippen LogP contribution in [-0.4, -0.2) is 33.3 Å². The predicted molar refractivity (Wildman–Crippen MR) is 95.3 cm³/mol. The van der Waals surface area contributed by atoms with Crippen LogP contribution in [0.25, 0.3) is 0 Å². The van der Waals surface area contributed by atoms with Crippen molar-refractivity contribution in [1.29, 1.82) is 0 Å². The molecule has 0 heterocycles. The van der Waals surface area contributed by atoms with Crippen LogP contribution in [0.1, 0.15) is 15.9 Å². The molecule has 0 saturated carbocycles. The number of urea groups is 1. The maximum Gasteiger partial charge on any atom is 0.333 e. The molecular formula is C18H20FN3O5. The highest BCUT2D eigenvalue weighted by Gasteiger charge is 2.14. The van der Waals surface area contributed by atoms with Crippen LogP contribution < -0.4 is 30.4 Å². The van der Waals surface area contributed by atoms with E-state index in [1.807, 2.05) is 0 Å². The normalized spacial score (nSPS) is 9.93. The Hall–Kier alpha value is -3.49. The van der Waals surface area contributed by atoms with E-state index in [0.717, 1.165) is 12.1 Å². The van der Waals surface area contributed by atoms with E-state index in [1.165, 1.54) is 33.5 Å². The molecule has 0 aromatic heterocycles. The third-order valence-electron chi connectivity index (χ3n) is 3.57. The van der Waals surface area contributed by atoms with Gasteiger partial charge in [-0.15, -0.1) is 0 Å². The van der Waals surface area contributed by atoms with Gasteiger partial charge < -0.3 is 19.5 Å². The Kier molecular flexibility index (Phi) is 6.81. The molecule has 0 atom stereocenters. The second kappa shape index (κ2) is 9.27. The molecule has 0 aliphatic rings. The summed E-state index contributed by atoms with van der Waals surface area (Å²) in [4.78, 5) is 23.7. The molecule has 8 nitrogen and oxygen atoms in total. The van der Waals surface area contributed by atoms with Gasteiger partial charge in [-0.25, -0.2) is 14.6 Å². The fourth-order valence-electron chi connectivity index (χ4n) is 2.25. The molecular weight excluding hydrogens is 357 g/mol. The van der Waals surface area contributed by atoms with Crippen molar-refractivity contribution >= 4 is 11.9 Å². The summed E-state index contributed by atoms with van der Waals surface area (Å²) in [7, 11) is 4.48. The van der Waals surface area contributed by atoms with Crippen molar-refractivity contribution in [3.8, 4) is 17.2 Å². The predicted octanol–water partition coefficient (Wildman–Crippen LogP) is 2.00. The van der Waals surface area contributed by atoms with Crippen LogP contribution in [0.3, 0.4) is 0 Å². The van der Waals surface area contributed by atoms with Gasteiger partial charge >= 0.3 is 6.03 Å². The Labute approximate surface area is 155 Å². The van der Waals surface area contributed by atoms with Crippen LogP contribution in [-0.2, 0) is 6.54 Å². The minimum Gasteiger partial charge on any atom is -0.493 e. The molecule has 27 heavy (non-hydrogen) atoms. The van der Waals surface area contributed by atoms with E-state index in [9.17, 15) is 14.0 Å². The van der Waals surface area contributed by atoms with E-state index < -0.39 is 17.8 Å². The zero-order valence-corrected chi connectivity index (χ0v) is 15.1. The molecule has 0 aliphatic heterocycles. The van der Waals surface area contributed by atoms with Crippen LogP contribution >= 0.6 is 0 Å². The zero-order valence-electron chi connectivity index (χ0n) is 15.1. The number of hydrazine groups is 1. The minimum atomic E-state index is -0.626. The van der Waals surface area contributed by atoms with Crippen LogP contribution in [0.2, 0.25) is 0 Å². The van der Waals surface area contributed by atoms with Gasteiger partial charge in [-0.05, 0) is 42.0 Å². The Morgan fingerprint density at radius 3 is 2.04 bits per heavy atom. The molecule has 3 amide bonds. The molecule has 0 fully saturated rings. The summed E-state index contributed by atoms with van der Waals surface area (Å²) in [6, 6.07) is 7.68. The highest BCUT2D eigenvalue weighted by molar-refractivity contribution is 5.95. The third-order valence-corrected chi connectivity index (χ3v) is 3.57. The largest absolute Gasteiger partial charge is 0.493 e. The van der Waals surface area contributed by atoms with Gasteiger partial charge in [-0.3, -0.25) is 10.2 Å². The van der Waals surface area contributed by atoms with Gasteiger partial charge in [0.05, 0.1) is 21.3 Å². The molecule has 0 radical (unpaired) electrons. The first-order valence-corrected chi connectivity index (χ1v) is 7.87. The summed E-state index contributed by atoms with van der Waals surface area (Å²) in [5.41, 5.74) is 5.35. The number of methoxy groups -OCH3 is 3. The van der Waals surface area contributed by atoms with Gasteiger partial charge in [0.2, 0.25) is 5.75 Å². The van der Waals surface area contributed by atoms with Crippen molar-refractivity contribution in [3.63, 3.8) is 0 Å². The molecule has 0 saturated heterocycles. The van der Waals surface area contributed by atoms with Gasteiger partial charge in [0, 0.05) is 12.1 Å². The van der Waals surface area contributed by atoms with Crippen LogP contribution in [0.15, 0.2) is 36.4 Å². The first kappa shape index (κ1) is 19.8. The maximum atomic E-state index is 12.8. The van der Waals surface area contributed by atoms with E-state index >= 15 is 0 Å². The number of ether oxygens (including phenoxy) is 3. The van der Waals surface area contributed by atoms with Crippen molar-refractivity contribution in [1.82, 2.24) is 16.2 Å². The Balaban J connectivity index is 1.91. The summed E-state index contributed by atoms with van der Waals surface area (Å²) in [6.45, 7) is 0.148. The van der Waals surface area contributed by atoms with Crippen molar-refractivity contribution in [3.05, 3.63) is 53.3 Å². The molecule has 144 valence electrons. The molecule has 2 rings (SSSR count). The number of nitrogens with one attached hydrogen (secondary N) is 3. The monoisotopic (exact) mass is 377 g/mol. The molecule has 3 N–H and O–H groups in total. The second-order valence-electron chi connectivity index (χ2n) is 5.30. The number of hydrogen-bond donors (Lipinski definition) is 3. The summed E-state index contributed by atoms with van der Waals surface area (Å²) < 4.78 is 28.6. The van der Waals surface area contributed by atoms with Crippen molar-refractivity contribution < 1.29 is 28.2 Å². The van der Waals surface area contributed by atoms with Gasteiger partial charge in [-0.1, -0.05) is 0 Å². The number of amides is 3. The smallest absolute Gasteiger partial charge is 0.333 e. The molecule has 2 aromatic rings.